The Hall–Kier alpha value is -1.70. The van der Waals surface area contributed by atoms with Crippen LogP contribution in [0.15, 0.2) is 24.3 Å². The summed E-state index contributed by atoms with van der Waals surface area (Å²) in [5.74, 6) is 1.59. The molecule has 0 aromatic heterocycles. The Kier molecular flexibility index (Phi) is 9.38. The zero-order valence-electron chi connectivity index (χ0n) is 19.9. The van der Waals surface area contributed by atoms with Crippen molar-refractivity contribution in [3.63, 3.8) is 0 Å². The standard InChI is InChI=1S/C26H41FN4O2/c27-24-5-3-21(4-6-24)16-22-2-1-13-31(18-22)19-23-8-11-28-17-25(23)30-26(32)29-12-7-20-9-14-33-15-10-20/h3-6,20,22-23,25,28H,1-2,7-19H2,(H2,29,30,32)/t22-,23-,25-/m0/s1. The van der Waals surface area contributed by atoms with Gasteiger partial charge >= 0.3 is 6.03 Å². The molecular weight excluding hydrogens is 419 g/mol. The molecule has 0 saturated carbocycles. The number of hydrogen-bond donors (Lipinski definition) is 3. The van der Waals surface area contributed by atoms with Crippen molar-refractivity contribution < 1.29 is 13.9 Å². The van der Waals surface area contributed by atoms with Crippen molar-refractivity contribution in [2.24, 2.45) is 17.8 Å². The Morgan fingerprint density at radius 3 is 2.76 bits per heavy atom. The number of halogens is 1. The van der Waals surface area contributed by atoms with E-state index < -0.39 is 0 Å². The highest BCUT2D eigenvalue weighted by molar-refractivity contribution is 5.74. The van der Waals surface area contributed by atoms with E-state index in [9.17, 15) is 9.18 Å². The summed E-state index contributed by atoms with van der Waals surface area (Å²) in [6.45, 7) is 7.55. The molecule has 33 heavy (non-hydrogen) atoms. The molecule has 3 aliphatic heterocycles. The first-order valence-electron chi connectivity index (χ1n) is 13.0. The summed E-state index contributed by atoms with van der Waals surface area (Å²) >= 11 is 0. The second-order valence-corrected chi connectivity index (χ2v) is 10.2. The van der Waals surface area contributed by atoms with E-state index in [1.165, 1.54) is 18.4 Å². The van der Waals surface area contributed by atoms with Gasteiger partial charge in [0.05, 0.1) is 0 Å². The molecule has 0 radical (unpaired) electrons. The predicted octanol–water partition coefficient (Wildman–Crippen LogP) is 3.17. The van der Waals surface area contributed by atoms with Gasteiger partial charge in [0.15, 0.2) is 0 Å². The lowest BCUT2D eigenvalue weighted by Gasteiger charge is -2.39. The fraction of sp³-hybridized carbons (Fsp3) is 0.731. The van der Waals surface area contributed by atoms with Crippen molar-refractivity contribution >= 4 is 6.03 Å². The summed E-state index contributed by atoms with van der Waals surface area (Å²) in [6, 6.07) is 7.10. The maximum Gasteiger partial charge on any atom is 0.315 e. The highest BCUT2D eigenvalue weighted by Crippen LogP contribution is 2.24. The molecule has 0 spiro atoms. The highest BCUT2D eigenvalue weighted by atomic mass is 19.1. The van der Waals surface area contributed by atoms with Gasteiger partial charge in [-0.25, -0.2) is 9.18 Å². The van der Waals surface area contributed by atoms with E-state index in [0.29, 0.717) is 17.8 Å². The van der Waals surface area contributed by atoms with Crippen LogP contribution in [0.1, 0.15) is 44.1 Å². The first kappa shape index (κ1) is 24.4. The van der Waals surface area contributed by atoms with Gasteiger partial charge < -0.3 is 25.6 Å². The topological polar surface area (TPSA) is 65.6 Å². The molecule has 3 saturated heterocycles. The first-order valence-corrected chi connectivity index (χ1v) is 13.0. The Morgan fingerprint density at radius 2 is 1.94 bits per heavy atom. The Bertz CT molecular complexity index is 726. The number of urea groups is 1. The molecule has 1 aromatic carbocycles. The number of benzene rings is 1. The molecule has 3 N–H and O–H groups in total. The van der Waals surface area contributed by atoms with E-state index in [1.54, 1.807) is 12.1 Å². The van der Waals surface area contributed by atoms with Crippen molar-refractivity contribution in [2.45, 2.75) is 51.0 Å². The van der Waals surface area contributed by atoms with Crippen LogP contribution in [0.2, 0.25) is 0 Å². The van der Waals surface area contributed by atoms with Crippen molar-refractivity contribution in [3.05, 3.63) is 35.6 Å². The molecule has 0 unspecified atom stereocenters. The van der Waals surface area contributed by atoms with Crippen molar-refractivity contribution in [3.8, 4) is 0 Å². The minimum absolute atomic E-state index is 0.0337. The van der Waals surface area contributed by atoms with E-state index in [4.69, 9.17) is 4.74 Å². The number of carbonyl (C=O) groups is 1. The minimum Gasteiger partial charge on any atom is -0.381 e. The van der Waals surface area contributed by atoms with Crippen LogP contribution in [0.25, 0.3) is 0 Å². The molecular formula is C26H41FN4O2. The fourth-order valence-electron chi connectivity index (χ4n) is 5.71. The molecule has 3 fully saturated rings. The van der Waals surface area contributed by atoms with Crippen LogP contribution in [0.4, 0.5) is 9.18 Å². The van der Waals surface area contributed by atoms with Crippen molar-refractivity contribution in [1.82, 2.24) is 20.9 Å². The van der Waals surface area contributed by atoms with Crippen LogP contribution in [-0.4, -0.2) is 69.5 Å². The van der Waals surface area contributed by atoms with Gasteiger partial charge in [0, 0.05) is 45.4 Å². The van der Waals surface area contributed by atoms with E-state index in [-0.39, 0.29) is 17.9 Å². The number of piperidine rings is 2. The summed E-state index contributed by atoms with van der Waals surface area (Å²) in [6.07, 6.45) is 7.80. The van der Waals surface area contributed by atoms with E-state index in [2.05, 4.69) is 20.9 Å². The molecule has 3 aliphatic rings. The molecule has 0 aliphatic carbocycles. The summed E-state index contributed by atoms with van der Waals surface area (Å²) in [5, 5.41) is 9.79. The third-order valence-electron chi connectivity index (χ3n) is 7.65. The fourth-order valence-corrected chi connectivity index (χ4v) is 5.71. The molecule has 7 heteroatoms. The monoisotopic (exact) mass is 460 g/mol. The molecule has 3 atom stereocenters. The van der Waals surface area contributed by atoms with Crippen LogP contribution in [0.3, 0.4) is 0 Å². The Balaban J connectivity index is 1.21. The third-order valence-corrected chi connectivity index (χ3v) is 7.65. The van der Waals surface area contributed by atoms with Gasteiger partial charge in [-0.1, -0.05) is 12.1 Å². The van der Waals surface area contributed by atoms with Gasteiger partial charge in [0.2, 0.25) is 0 Å². The number of likely N-dealkylation sites (tertiary alicyclic amines) is 1. The molecule has 184 valence electrons. The van der Waals surface area contributed by atoms with E-state index in [1.807, 2.05) is 12.1 Å². The van der Waals surface area contributed by atoms with Crippen molar-refractivity contribution in [1.29, 1.82) is 0 Å². The highest BCUT2D eigenvalue weighted by Gasteiger charge is 2.30. The normalized spacial score (nSPS) is 27.2. The average Bonchev–Trinajstić information content (AvgIpc) is 2.83. The van der Waals surface area contributed by atoms with Crippen molar-refractivity contribution in [2.75, 3.05) is 52.5 Å². The van der Waals surface area contributed by atoms with Gasteiger partial charge in [-0.3, -0.25) is 0 Å². The second kappa shape index (κ2) is 12.7. The van der Waals surface area contributed by atoms with Crippen LogP contribution in [0.5, 0.6) is 0 Å². The summed E-state index contributed by atoms with van der Waals surface area (Å²) in [7, 11) is 0. The lowest BCUT2D eigenvalue weighted by atomic mass is 9.88. The van der Waals surface area contributed by atoms with E-state index in [0.717, 1.165) is 84.6 Å². The van der Waals surface area contributed by atoms with Gasteiger partial charge in [0.25, 0.3) is 0 Å². The third kappa shape index (κ3) is 7.94. The lowest BCUT2D eigenvalue weighted by molar-refractivity contribution is 0.0641. The molecule has 1 aromatic rings. The molecule has 4 rings (SSSR count). The zero-order valence-corrected chi connectivity index (χ0v) is 19.9. The minimum atomic E-state index is -0.166. The lowest BCUT2D eigenvalue weighted by Crippen LogP contribution is -2.56. The van der Waals surface area contributed by atoms with Gasteiger partial charge in [-0.15, -0.1) is 0 Å². The number of amides is 2. The van der Waals surface area contributed by atoms with Crippen LogP contribution >= 0.6 is 0 Å². The van der Waals surface area contributed by atoms with Crippen LogP contribution in [0, 0.1) is 23.6 Å². The number of ether oxygens (including phenoxy) is 1. The smallest absolute Gasteiger partial charge is 0.315 e. The molecule has 2 amide bonds. The Morgan fingerprint density at radius 1 is 1.12 bits per heavy atom. The molecule has 0 bridgehead atoms. The largest absolute Gasteiger partial charge is 0.381 e. The quantitative estimate of drug-likeness (QED) is 0.558. The number of nitrogens with zero attached hydrogens (tertiary/aromatic N) is 1. The van der Waals surface area contributed by atoms with Gasteiger partial charge in [-0.05, 0) is 93.5 Å². The number of rotatable bonds is 8. The van der Waals surface area contributed by atoms with E-state index >= 15 is 0 Å². The Labute approximate surface area is 198 Å². The number of nitrogens with one attached hydrogen (secondary N) is 3. The maximum absolute atomic E-state index is 13.2. The summed E-state index contributed by atoms with van der Waals surface area (Å²) in [4.78, 5) is 15.1. The maximum atomic E-state index is 13.2. The number of hydrogen-bond acceptors (Lipinski definition) is 4. The zero-order chi connectivity index (χ0) is 22.9. The first-order chi connectivity index (χ1) is 16.2. The number of carbonyl (C=O) groups excluding carboxylic acids is 1. The predicted molar refractivity (Wildman–Crippen MR) is 129 cm³/mol. The molecule has 6 nitrogen and oxygen atoms in total. The van der Waals surface area contributed by atoms with Gasteiger partial charge in [0.1, 0.15) is 5.82 Å². The summed E-state index contributed by atoms with van der Waals surface area (Å²) in [5.41, 5.74) is 1.22. The van der Waals surface area contributed by atoms with Gasteiger partial charge in [-0.2, -0.15) is 0 Å². The van der Waals surface area contributed by atoms with Crippen LogP contribution < -0.4 is 16.0 Å². The van der Waals surface area contributed by atoms with Crippen LogP contribution in [-0.2, 0) is 11.2 Å². The SMILES string of the molecule is O=C(NCCC1CCOCC1)N[C@H]1CNCC[C@H]1CN1CCC[C@@H](Cc2ccc(F)cc2)C1. The second-order valence-electron chi connectivity index (χ2n) is 10.2. The molecule has 3 heterocycles. The summed E-state index contributed by atoms with van der Waals surface area (Å²) < 4.78 is 18.6. The average molecular weight is 461 g/mol.